The van der Waals surface area contributed by atoms with Crippen molar-refractivity contribution in [3.63, 3.8) is 0 Å². The fraction of sp³-hybridized carbons (Fsp3) is 0.273. The number of nitrogens with one attached hydrogen (secondary N) is 3. The fourth-order valence-corrected chi connectivity index (χ4v) is 5.34. The molecule has 3 N–H and O–H groups in total. The lowest BCUT2D eigenvalue weighted by molar-refractivity contribution is -0.120. The maximum Gasteiger partial charge on any atom is 0.251 e. The first-order chi connectivity index (χ1) is 19.9. The molecule has 0 radical (unpaired) electrons. The lowest BCUT2D eigenvalue weighted by atomic mass is 10.00. The summed E-state index contributed by atoms with van der Waals surface area (Å²) in [7, 11) is 1.65. The number of aromatic nitrogens is 4. The molecule has 5 rings (SSSR count). The molecule has 0 aliphatic heterocycles. The van der Waals surface area contributed by atoms with Crippen molar-refractivity contribution in [3.8, 4) is 11.3 Å². The highest BCUT2D eigenvalue weighted by molar-refractivity contribution is 5.94. The van der Waals surface area contributed by atoms with Crippen LogP contribution in [0.5, 0.6) is 0 Å². The maximum absolute atomic E-state index is 13.4. The van der Waals surface area contributed by atoms with Crippen molar-refractivity contribution in [3.05, 3.63) is 108 Å². The first kappa shape index (κ1) is 27.8. The van der Waals surface area contributed by atoms with Crippen LogP contribution in [0, 0.1) is 13.8 Å². The summed E-state index contributed by atoms with van der Waals surface area (Å²) in [5, 5.41) is 13.0. The summed E-state index contributed by atoms with van der Waals surface area (Å²) in [4.78, 5) is 33.6. The first-order valence-corrected chi connectivity index (χ1v) is 14.0. The highest BCUT2D eigenvalue weighted by atomic mass is 16.2. The number of hydrogen-bond acceptors (Lipinski definition) is 4. The largest absolute Gasteiger partial charge is 0.359 e. The number of aryl methyl sites for hydroxylation is 2. The molecule has 2 aromatic heterocycles. The molecule has 8 heteroatoms. The highest BCUT2D eigenvalue weighted by Crippen LogP contribution is 2.30. The van der Waals surface area contributed by atoms with Gasteiger partial charge in [0.15, 0.2) is 0 Å². The third-order valence-electron chi connectivity index (χ3n) is 7.45. The molecule has 2 heterocycles. The SMILES string of the molecule is CNC(=O)CCC[C@@H](C[C@H](NC(=O)c1ccccc1)c1ncc(-c2ccc3ccccc3c2)[nH]1)n1nc(C)cc1C. The Hall–Kier alpha value is -4.72. The van der Waals surface area contributed by atoms with Gasteiger partial charge < -0.3 is 15.6 Å². The molecule has 0 saturated carbocycles. The molecule has 0 fully saturated rings. The van der Waals surface area contributed by atoms with E-state index in [9.17, 15) is 9.59 Å². The van der Waals surface area contributed by atoms with Gasteiger partial charge in [0.25, 0.3) is 5.91 Å². The lowest BCUT2D eigenvalue weighted by Crippen LogP contribution is -2.32. The smallest absolute Gasteiger partial charge is 0.251 e. The summed E-state index contributed by atoms with van der Waals surface area (Å²) >= 11 is 0. The monoisotopic (exact) mass is 548 g/mol. The second-order valence-electron chi connectivity index (χ2n) is 10.5. The minimum atomic E-state index is -0.411. The van der Waals surface area contributed by atoms with Crippen LogP contribution >= 0.6 is 0 Å². The molecule has 0 aliphatic rings. The third kappa shape index (κ3) is 6.72. The van der Waals surface area contributed by atoms with Gasteiger partial charge in [0, 0.05) is 30.3 Å². The van der Waals surface area contributed by atoms with Gasteiger partial charge in [-0.25, -0.2) is 4.98 Å². The zero-order chi connectivity index (χ0) is 28.8. The van der Waals surface area contributed by atoms with Crippen molar-refractivity contribution in [2.45, 2.75) is 51.6 Å². The molecule has 41 heavy (non-hydrogen) atoms. The Morgan fingerprint density at radius 3 is 2.44 bits per heavy atom. The van der Waals surface area contributed by atoms with E-state index in [0.29, 0.717) is 30.7 Å². The number of rotatable bonds is 11. The average Bonchev–Trinajstić information content (AvgIpc) is 3.62. The normalized spacial score (nSPS) is 12.7. The number of benzene rings is 3. The van der Waals surface area contributed by atoms with Crippen LogP contribution in [0.15, 0.2) is 85.1 Å². The minimum absolute atomic E-state index is 0.0112. The van der Waals surface area contributed by atoms with Gasteiger partial charge in [-0.3, -0.25) is 14.3 Å². The Labute approximate surface area is 240 Å². The van der Waals surface area contributed by atoms with Crippen LogP contribution in [0.2, 0.25) is 0 Å². The van der Waals surface area contributed by atoms with Gasteiger partial charge in [-0.05, 0) is 68.1 Å². The quantitative estimate of drug-likeness (QED) is 0.187. The van der Waals surface area contributed by atoms with Crippen LogP contribution in [-0.4, -0.2) is 38.6 Å². The molecule has 0 saturated heterocycles. The van der Waals surface area contributed by atoms with Crippen LogP contribution < -0.4 is 10.6 Å². The van der Waals surface area contributed by atoms with Gasteiger partial charge in [0.2, 0.25) is 5.91 Å². The van der Waals surface area contributed by atoms with Gasteiger partial charge >= 0.3 is 0 Å². The Morgan fingerprint density at radius 1 is 0.951 bits per heavy atom. The second-order valence-corrected chi connectivity index (χ2v) is 10.5. The standard InChI is InChI=1S/C33H36N6O2/c1-22-18-23(2)39(38-22)28(14-9-15-31(40)34-3)20-29(37-33(41)25-11-5-4-6-12-25)32-35-21-30(36-32)27-17-16-24-10-7-8-13-26(24)19-27/h4-8,10-13,16-19,21,28-29H,9,14-15,20H2,1-3H3,(H,34,40)(H,35,36)(H,37,41)/t28-,29-/m0/s1. The number of fused-ring (bicyclic) bond motifs is 1. The molecule has 3 aromatic carbocycles. The number of imidazole rings is 1. The first-order valence-electron chi connectivity index (χ1n) is 14.0. The molecule has 2 amide bonds. The van der Waals surface area contributed by atoms with E-state index in [4.69, 9.17) is 10.1 Å². The van der Waals surface area contributed by atoms with E-state index in [0.717, 1.165) is 34.5 Å². The van der Waals surface area contributed by atoms with E-state index in [1.54, 1.807) is 19.2 Å². The van der Waals surface area contributed by atoms with E-state index in [1.807, 2.05) is 61.1 Å². The molecule has 0 bridgehead atoms. The zero-order valence-electron chi connectivity index (χ0n) is 23.7. The van der Waals surface area contributed by atoms with Crippen LogP contribution in [0.1, 0.15) is 65.3 Å². The highest BCUT2D eigenvalue weighted by Gasteiger charge is 2.26. The van der Waals surface area contributed by atoms with E-state index in [1.165, 1.54) is 5.39 Å². The summed E-state index contributed by atoms with van der Waals surface area (Å²) in [6, 6.07) is 25.4. The van der Waals surface area contributed by atoms with Crippen molar-refractivity contribution in [1.29, 1.82) is 0 Å². The molecule has 210 valence electrons. The molecule has 5 aromatic rings. The fourth-order valence-electron chi connectivity index (χ4n) is 5.34. The second kappa shape index (κ2) is 12.6. The van der Waals surface area contributed by atoms with Gasteiger partial charge in [0.05, 0.1) is 29.7 Å². The lowest BCUT2D eigenvalue weighted by Gasteiger charge is -2.25. The number of hydrogen-bond donors (Lipinski definition) is 3. The molecular weight excluding hydrogens is 512 g/mol. The molecule has 8 nitrogen and oxygen atoms in total. The number of aromatic amines is 1. The number of carbonyl (C=O) groups excluding carboxylic acids is 2. The van der Waals surface area contributed by atoms with Crippen LogP contribution in [0.4, 0.5) is 0 Å². The third-order valence-corrected chi connectivity index (χ3v) is 7.45. The van der Waals surface area contributed by atoms with Crippen molar-refractivity contribution in [1.82, 2.24) is 30.4 Å². The Morgan fingerprint density at radius 2 is 1.71 bits per heavy atom. The van der Waals surface area contributed by atoms with Gasteiger partial charge in [-0.15, -0.1) is 0 Å². The Bertz CT molecular complexity index is 1640. The number of nitrogens with zero attached hydrogens (tertiary/aromatic N) is 3. The summed E-state index contributed by atoms with van der Waals surface area (Å²) in [5.74, 6) is 0.518. The predicted octanol–water partition coefficient (Wildman–Crippen LogP) is 6.06. The van der Waals surface area contributed by atoms with Gasteiger partial charge in [-0.2, -0.15) is 5.10 Å². The van der Waals surface area contributed by atoms with Crippen LogP contribution in [0.3, 0.4) is 0 Å². The number of carbonyl (C=O) groups is 2. The van der Waals surface area contributed by atoms with Crippen molar-refractivity contribution in [2.24, 2.45) is 0 Å². The van der Waals surface area contributed by atoms with Crippen molar-refractivity contribution in [2.75, 3.05) is 7.05 Å². The van der Waals surface area contributed by atoms with Crippen molar-refractivity contribution >= 4 is 22.6 Å². The van der Waals surface area contributed by atoms with Crippen LogP contribution in [0.25, 0.3) is 22.0 Å². The van der Waals surface area contributed by atoms with Crippen LogP contribution in [-0.2, 0) is 4.79 Å². The van der Waals surface area contributed by atoms with E-state index in [2.05, 4.69) is 45.9 Å². The molecule has 0 unspecified atom stereocenters. The number of H-pyrrole nitrogens is 1. The molecule has 0 aliphatic carbocycles. The van der Waals surface area contributed by atoms with Gasteiger partial charge in [0.1, 0.15) is 5.82 Å². The van der Waals surface area contributed by atoms with E-state index in [-0.39, 0.29) is 17.9 Å². The number of amides is 2. The van der Waals surface area contributed by atoms with Crippen molar-refractivity contribution < 1.29 is 9.59 Å². The van der Waals surface area contributed by atoms with E-state index >= 15 is 0 Å². The molecule has 0 spiro atoms. The Balaban J connectivity index is 1.46. The topological polar surface area (TPSA) is 105 Å². The average molecular weight is 549 g/mol. The minimum Gasteiger partial charge on any atom is -0.359 e. The molecule has 2 atom stereocenters. The summed E-state index contributed by atoms with van der Waals surface area (Å²) in [5.41, 5.74) is 4.46. The Kier molecular flexibility index (Phi) is 8.58. The van der Waals surface area contributed by atoms with E-state index < -0.39 is 6.04 Å². The zero-order valence-corrected chi connectivity index (χ0v) is 23.7. The predicted molar refractivity (Wildman–Crippen MR) is 161 cm³/mol. The van der Waals surface area contributed by atoms with Gasteiger partial charge in [-0.1, -0.05) is 54.6 Å². The summed E-state index contributed by atoms with van der Waals surface area (Å²) < 4.78 is 2.02. The maximum atomic E-state index is 13.4. The summed E-state index contributed by atoms with van der Waals surface area (Å²) in [6.07, 6.45) is 4.23. The molecular formula is C33H36N6O2. The summed E-state index contributed by atoms with van der Waals surface area (Å²) in [6.45, 7) is 4.01.